The summed E-state index contributed by atoms with van der Waals surface area (Å²) in [5.41, 5.74) is 8.27. The third-order valence-corrected chi connectivity index (χ3v) is 5.29. The number of nitrogens with zero attached hydrogens (tertiary/aromatic N) is 1. The normalized spacial score (nSPS) is 20.7. The van der Waals surface area contributed by atoms with Gasteiger partial charge < -0.3 is 25.7 Å². The molecule has 8 heteroatoms. The van der Waals surface area contributed by atoms with Gasteiger partial charge in [0, 0.05) is 42.3 Å². The minimum absolute atomic E-state index is 0.0127. The van der Waals surface area contributed by atoms with Crippen LogP contribution in [0.4, 0.5) is 0 Å². The molecule has 0 saturated carbocycles. The number of pyridine rings is 1. The Kier molecular flexibility index (Phi) is 6.58. The van der Waals surface area contributed by atoms with Gasteiger partial charge in [-0.25, -0.2) is 4.79 Å². The summed E-state index contributed by atoms with van der Waals surface area (Å²) in [6.07, 6.45) is 3.77. The number of nitrogens with two attached hydrogens (primary N) is 1. The Labute approximate surface area is 176 Å². The first-order valence-electron chi connectivity index (χ1n) is 10.2. The summed E-state index contributed by atoms with van der Waals surface area (Å²) in [5, 5.41) is 14.9. The molecule has 2 heterocycles. The van der Waals surface area contributed by atoms with Crippen LogP contribution >= 0.6 is 0 Å². The number of ketones is 1. The lowest BCUT2D eigenvalue weighted by molar-refractivity contribution is -0.605. The van der Waals surface area contributed by atoms with Crippen LogP contribution in [-0.4, -0.2) is 38.1 Å². The molecule has 162 valence electrons. The second-order valence-corrected chi connectivity index (χ2v) is 8.34. The van der Waals surface area contributed by atoms with Gasteiger partial charge in [0.15, 0.2) is 18.2 Å². The molecule has 0 radical (unpaired) electrons. The number of hydrogen-bond donors (Lipinski definition) is 2. The van der Waals surface area contributed by atoms with Crippen LogP contribution < -0.4 is 15.8 Å². The van der Waals surface area contributed by atoms with E-state index >= 15 is 0 Å². The van der Waals surface area contributed by atoms with Gasteiger partial charge in [-0.3, -0.25) is 4.79 Å². The van der Waals surface area contributed by atoms with E-state index < -0.39 is 11.9 Å². The van der Waals surface area contributed by atoms with Crippen molar-refractivity contribution >= 4 is 11.8 Å². The number of Topliss-reactive ketones (excluding diaryl/α,β-unsaturated/α-hetero) is 1. The van der Waals surface area contributed by atoms with Gasteiger partial charge in [-0.05, 0) is 24.3 Å². The van der Waals surface area contributed by atoms with Gasteiger partial charge in [-0.2, -0.15) is 4.73 Å². The first kappa shape index (κ1) is 22.0. The lowest BCUT2D eigenvalue weighted by Gasteiger charge is -2.39. The van der Waals surface area contributed by atoms with Crippen LogP contribution in [0.25, 0.3) is 0 Å². The van der Waals surface area contributed by atoms with Crippen LogP contribution in [0.3, 0.4) is 0 Å². The Hall–Kier alpha value is -2.71. The topological polar surface area (TPSA) is 118 Å². The van der Waals surface area contributed by atoms with Crippen LogP contribution in [0.2, 0.25) is 0 Å². The molecule has 0 bridgehead atoms. The van der Waals surface area contributed by atoms with Crippen molar-refractivity contribution in [3.8, 4) is 0 Å². The van der Waals surface area contributed by atoms with E-state index in [0.29, 0.717) is 53.1 Å². The van der Waals surface area contributed by atoms with Gasteiger partial charge in [0.2, 0.25) is 0 Å². The van der Waals surface area contributed by atoms with E-state index in [9.17, 15) is 14.8 Å². The van der Waals surface area contributed by atoms with Crippen molar-refractivity contribution in [3.63, 3.8) is 0 Å². The molecule has 1 aliphatic heterocycles. The molecule has 0 amide bonds. The molecule has 30 heavy (non-hydrogen) atoms. The summed E-state index contributed by atoms with van der Waals surface area (Å²) in [6.45, 7) is 6.86. The number of ether oxygens (including phenoxy) is 2. The molecule has 1 aromatic rings. The summed E-state index contributed by atoms with van der Waals surface area (Å²) in [4.78, 5) is 26.2. The largest absolute Gasteiger partial charge is 0.619 e. The number of aromatic nitrogens is 1. The SMILES string of the molecule is CCOC(=O)C1=C(COCCN)NC2=C(C(=O)CC(C)(C)C2)C1c1cc[n+]([O-])cc1. The molecule has 8 nitrogen and oxygen atoms in total. The molecule has 1 atom stereocenters. The van der Waals surface area contributed by atoms with E-state index in [2.05, 4.69) is 5.32 Å². The minimum atomic E-state index is -0.624. The lowest BCUT2D eigenvalue weighted by atomic mass is 9.68. The summed E-state index contributed by atoms with van der Waals surface area (Å²) in [5.74, 6) is -1.15. The van der Waals surface area contributed by atoms with Crippen molar-refractivity contribution in [2.75, 3.05) is 26.4 Å². The van der Waals surface area contributed by atoms with Crippen LogP contribution in [0.1, 0.15) is 45.1 Å². The Balaban J connectivity index is 2.16. The van der Waals surface area contributed by atoms with Crippen molar-refractivity contribution in [3.05, 3.63) is 57.8 Å². The first-order chi connectivity index (χ1) is 14.3. The zero-order chi connectivity index (χ0) is 21.9. The van der Waals surface area contributed by atoms with Crippen LogP contribution in [-0.2, 0) is 19.1 Å². The molecule has 2 aliphatic rings. The Morgan fingerprint density at radius 3 is 2.67 bits per heavy atom. The number of hydrogen-bond acceptors (Lipinski definition) is 7. The van der Waals surface area contributed by atoms with Crippen molar-refractivity contribution in [2.45, 2.75) is 39.5 Å². The van der Waals surface area contributed by atoms with E-state index in [0.717, 1.165) is 5.70 Å². The second kappa shape index (κ2) is 8.97. The van der Waals surface area contributed by atoms with Crippen molar-refractivity contribution in [1.82, 2.24) is 5.32 Å². The number of carbonyl (C=O) groups is 2. The van der Waals surface area contributed by atoms with Crippen LogP contribution in [0.15, 0.2) is 47.1 Å². The van der Waals surface area contributed by atoms with Gasteiger partial charge in [0.25, 0.3) is 0 Å². The monoisotopic (exact) mass is 415 g/mol. The minimum Gasteiger partial charge on any atom is -0.619 e. The zero-order valence-corrected chi connectivity index (χ0v) is 17.7. The predicted molar refractivity (Wildman–Crippen MR) is 110 cm³/mol. The van der Waals surface area contributed by atoms with Gasteiger partial charge in [0.1, 0.15) is 0 Å². The molecule has 0 aromatic carbocycles. The Morgan fingerprint density at radius 2 is 2.03 bits per heavy atom. The van der Waals surface area contributed by atoms with E-state index in [1.165, 1.54) is 12.4 Å². The lowest BCUT2D eigenvalue weighted by Crippen LogP contribution is -2.40. The fraction of sp³-hybridized carbons (Fsp3) is 0.500. The number of carbonyl (C=O) groups excluding carboxylic acids is 2. The quantitative estimate of drug-likeness (QED) is 0.299. The van der Waals surface area contributed by atoms with Gasteiger partial charge in [-0.15, -0.1) is 0 Å². The molecule has 3 rings (SSSR count). The highest BCUT2D eigenvalue weighted by Crippen LogP contribution is 2.46. The molecule has 0 saturated heterocycles. The van der Waals surface area contributed by atoms with Gasteiger partial charge in [0.05, 0.1) is 31.1 Å². The number of dihydropyridines is 1. The van der Waals surface area contributed by atoms with Crippen molar-refractivity contribution < 1.29 is 23.8 Å². The molecule has 0 fully saturated rings. The maximum absolute atomic E-state index is 13.2. The van der Waals surface area contributed by atoms with Gasteiger partial charge in [-0.1, -0.05) is 13.8 Å². The fourth-order valence-electron chi connectivity index (χ4n) is 4.12. The maximum atomic E-state index is 13.2. The summed E-state index contributed by atoms with van der Waals surface area (Å²) < 4.78 is 11.6. The average Bonchev–Trinajstić information content (AvgIpc) is 2.67. The number of esters is 1. The maximum Gasteiger partial charge on any atom is 0.336 e. The molecular weight excluding hydrogens is 386 g/mol. The van der Waals surface area contributed by atoms with E-state index in [1.54, 1.807) is 19.1 Å². The standard InChI is InChI=1S/C22H29N3O5/c1-4-30-21(27)20-16(13-29-10-7-23)24-15-11-22(2,3)12-17(26)19(15)18(20)14-5-8-25(28)9-6-14/h5-6,8-9,18,24H,4,7,10-13,23H2,1-3H3. The van der Waals surface area contributed by atoms with E-state index in [1.807, 2.05) is 13.8 Å². The Bertz CT molecular complexity index is 887. The average molecular weight is 415 g/mol. The third-order valence-electron chi connectivity index (χ3n) is 5.29. The number of nitrogens with one attached hydrogen (secondary N) is 1. The first-order valence-corrected chi connectivity index (χ1v) is 10.2. The zero-order valence-electron chi connectivity index (χ0n) is 17.7. The van der Waals surface area contributed by atoms with Crippen LogP contribution in [0, 0.1) is 10.6 Å². The summed E-state index contributed by atoms with van der Waals surface area (Å²) in [6, 6.07) is 3.27. The summed E-state index contributed by atoms with van der Waals surface area (Å²) in [7, 11) is 0. The second-order valence-electron chi connectivity index (χ2n) is 8.34. The highest BCUT2D eigenvalue weighted by atomic mass is 16.5. The smallest absolute Gasteiger partial charge is 0.336 e. The molecule has 1 unspecified atom stereocenters. The van der Waals surface area contributed by atoms with Gasteiger partial charge >= 0.3 is 5.97 Å². The van der Waals surface area contributed by atoms with Crippen LogP contribution in [0.5, 0.6) is 0 Å². The van der Waals surface area contributed by atoms with Crippen molar-refractivity contribution in [2.24, 2.45) is 11.1 Å². The third kappa shape index (κ3) is 4.55. The predicted octanol–water partition coefficient (Wildman–Crippen LogP) is 1.44. The van der Waals surface area contributed by atoms with E-state index in [-0.39, 0.29) is 24.4 Å². The molecular formula is C22H29N3O5. The van der Waals surface area contributed by atoms with Crippen molar-refractivity contribution in [1.29, 1.82) is 0 Å². The molecule has 0 spiro atoms. The molecule has 3 N–H and O–H groups in total. The summed E-state index contributed by atoms with van der Waals surface area (Å²) >= 11 is 0. The number of allylic oxidation sites excluding steroid dienone is 2. The molecule has 1 aliphatic carbocycles. The highest BCUT2D eigenvalue weighted by molar-refractivity contribution is 6.04. The van der Waals surface area contributed by atoms with E-state index in [4.69, 9.17) is 15.2 Å². The fourth-order valence-corrected chi connectivity index (χ4v) is 4.12. The Morgan fingerprint density at radius 1 is 1.33 bits per heavy atom. The molecule has 1 aromatic heterocycles. The number of rotatable bonds is 7. The highest BCUT2D eigenvalue weighted by Gasteiger charge is 2.44.